The van der Waals surface area contributed by atoms with Crippen LogP contribution in [-0.2, 0) is 20.9 Å². The average Bonchev–Trinajstić information content (AvgIpc) is 2.98. The van der Waals surface area contributed by atoms with E-state index in [1.807, 2.05) is 0 Å². The molecule has 1 aromatic rings. The molecule has 1 unspecified atom stereocenters. The maximum absolute atomic E-state index is 12.8. The number of halogens is 2. The van der Waals surface area contributed by atoms with Gasteiger partial charge in [-0.2, -0.15) is 0 Å². The van der Waals surface area contributed by atoms with E-state index < -0.39 is 17.6 Å². The number of Topliss-reactive ketones (excluding diaryl/α,β-unsaturated/α-hetero) is 1. The largest absolute Gasteiger partial charge is 0.341 e. The molecular formula is C20H26Cl2N4O3. The van der Waals surface area contributed by atoms with Crippen molar-refractivity contribution in [2.45, 2.75) is 6.54 Å². The standard InChI is InChI=1S/C20H26Cl2N4O3/c1-23-5-7-25(8-6-23)9-10-26-13-15(18(27)20(26)29)19(28)24(2)12-14-3-4-16(21)17(22)11-14/h3-4,11,15H,5-10,12-13H2,1-2H3. The van der Waals surface area contributed by atoms with Crippen LogP contribution in [0.15, 0.2) is 18.2 Å². The third-order valence-electron chi connectivity index (χ3n) is 5.58. The van der Waals surface area contributed by atoms with E-state index in [0.717, 1.165) is 31.7 Å². The molecule has 0 spiro atoms. The second kappa shape index (κ2) is 9.43. The Bertz CT molecular complexity index is 796. The van der Waals surface area contributed by atoms with E-state index in [0.29, 0.717) is 23.1 Å². The fourth-order valence-corrected chi connectivity index (χ4v) is 3.98. The van der Waals surface area contributed by atoms with Crippen molar-refractivity contribution in [3.05, 3.63) is 33.8 Å². The highest BCUT2D eigenvalue weighted by atomic mass is 35.5. The minimum Gasteiger partial charge on any atom is -0.341 e. The zero-order valence-electron chi connectivity index (χ0n) is 16.7. The number of piperazine rings is 1. The van der Waals surface area contributed by atoms with Crippen molar-refractivity contribution in [3.63, 3.8) is 0 Å². The summed E-state index contributed by atoms with van der Waals surface area (Å²) in [5.74, 6) is -2.46. The Kier molecular flexibility index (Phi) is 7.16. The Labute approximate surface area is 181 Å². The van der Waals surface area contributed by atoms with E-state index in [1.54, 1.807) is 25.2 Å². The van der Waals surface area contributed by atoms with Gasteiger partial charge < -0.3 is 14.7 Å². The van der Waals surface area contributed by atoms with E-state index in [2.05, 4.69) is 16.8 Å². The molecule has 2 amide bonds. The molecule has 1 aromatic carbocycles. The summed E-state index contributed by atoms with van der Waals surface area (Å²) in [5.41, 5.74) is 0.805. The minimum absolute atomic E-state index is 0.149. The van der Waals surface area contributed by atoms with Crippen LogP contribution in [0.3, 0.4) is 0 Å². The fourth-order valence-electron chi connectivity index (χ4n) is 3.66. The predicted molar refractivity (Wildman–Crippen MR) is 112 cm³/mol. The summed E-state index contributed by atoms with van der Waals surface area (Å²) >= 11 is 11.9. The van der Waals surface area contributed by atoms with E-state index in [9.17, 15) is 14.4 Å². The van der Waals surface area contributed by atoms with Gasteiger partial charge in [-0.1, -0.05) is 29.3 Å². The van der Waals surface area contributed by atoms with E-state index in [4.69, 9.17) is 23.2 Å². The van der Waals surface area contributed by atoms with Crippen molar-refractivity contribution in [3.8, 4) is 0 Å². The molecule has 2 heterocycles. The summed E-state index contributed by atoms with van der Waals surface area (Å²) in [7, 11) is 3.71. The zero-order valence-corrected chi connectivity index (χ0v) is 18.2. The molecule has 2 fully saturated rings. The Hall–Kier alpha value is -1.67. The van der Waals surface area contributed by atoms with Crippen molar-refractivity contribution in [1.82, 2.24) is 19.6 Å². The lowest BCUT2D eigenvalue weighted by Crippen LogP contribution is -2.47. The number of ketones is 1. The van der Waals surface area contributed by atoms with Crippen molar-refractivity contribution in [2.75, 3.05) is 59.9 Å². The molecule has 158 valence electrons. The normalized spacial score (nSPS) is 21.1. The topological polar surface area (TPSA) is 64.2 Å². The number of nitrogens with zero attached hydrogens (tertiary/aromatic N) is 4. The molecule has 2 aliphatic rings. The minimum atomic E-state index is -0.942. The van der Waals surface area contributed by atoms with Gasteiger partial charge in [0.1, 0.15) is 5.92 Å². The molecule has 0 aromatic heterocycles. The smallest absolute Gasteiger partial charge is 0.290 e. The Morgan fingerprint density at radius 3 is 2.45 bits per heavy atom. The van der Waals surface area contributed by atoms with Crippen molar-refractivity contribution in [1.29, 1.82) is 0 Å². The monoisotopic (exact) mass is 440 g/mol. The van der Waals surface area contributed by atoms with Gasteiger partial charge in [-0.3, -0.25) is 19.3 Å². The van der Waals surface area contributed by atoms with Crippen molar-refractivity contribution < 1.29 is 14.4 Å². The highest BCUT2D eigenvalue weighted by molar-refractivity contribution is 6.42. The van der Waals surface area contributed by atoms with Crippen LogP contribution in [0.5, 0.6) is 0 Å². The summed E-state index contributed by atoms with van der Waals surface area (Å²) in [4.78, 5) is 45.1. The summed E-state index contributed by atoms with van der Waals surface area (Å²) < 4.78 is 0. The van der Waals surface area contributed by atoms with Crippen LogP contribution in [0.25, 0.3) is 0 Å². The molecule has 0 aliphatic carbocycles. The van der Waals surface area contributed by atoms with Gasteiger partial charge >= 0.3 is 0 Å². The molecular weight excluding hydrogens is 415 g/mol. The number of carbonyl (C=O) groups excluding carboxylic acids is 3. The lowest BCUT2D eigenvalue weighted by Gasteiger charge is -2.33. The van der Waals surface area contributed by atoms with Crippen LogP contribution in [0.4, 0.5) is 0 Å². The van der Waals surface area contributed by atoms with E-state index in [1.165, 1.54) is 9.80 Å². The molecule has 0 N–H and O–H groups in total. The third kappa shape index (κ3) is 5.28. The van der Waals surface area contributed by atoms with Crippen LogP contribution in [0, 0.1) is 5.92 Å². The Morgan fingerprint density at radius 2 is 1.79 bits per heavy atom. The summed E-state index contributed by atoms with van der Waals surface area (Å²) in [6, 6.07) is 5.14. The lowest BCUT2D eigenvalue weighted by molar-refractivity contribution is -0.144. The number of hydrogen-bond acceptors (Lipinski definition) is 5. The SMILES string of the molecule is CN1CCN(CCN2CC(C(=O)N(C)Cc3ccc(Cl)c(Cl)c3)C(=O)C2=O)CC1. The first-order chi connectivity index (χ1) is 13.8. The molecule has 3 rings (SSSR count). The highest BCUT2D eigenvalue weighted by Gasteiger charge is 2.44. The molecule has 1 atom stereocenters. The molecule has 29 heavy (non-hydrogen) atoms. The van der Waals surface area contributed by atoms with Crippen LogP contribution < -0.4 is 0 Å². The highest BCUT2D eigenvalue weighted by Crippen LogP contribution is 2.24. The second-order valence-electron chi connectivity index (χ2n) is 7.76. The van der Waals surface area contributed by atoms with Crippen LogP contribution in [0.2, 0.25) is 10.0 Å². The Morgan fingerprint density at radius 1 is 1.10 bits per heavy atom. The maximum atomic E-state index is 12.8. The number of benzene rings is 1. The number of amides is 2. The van der Waals surface area contributed by atoms with Crippen LogP contribution in [0.1, 0.15) is 5.56 Å². The first kappa shape index (κ1) is 22.0. The van der Waals surface area contributed by atoms with E-state index in [-0.39, 0.29) is 19.0 Å². The molecule has 9 heteroatoms. The van der Waals surface area contributed by atoms with Crippen molar-refractivity contribution in [2.24, 2.45) is 5.92 Å². The van der Waals surface area contributed by atoms with Crippen LogP contribution >= 0.6 is 23.2 Å². The zero-order chi connectivity index (χ0) is 21.1. The lowest BCUT2D eigenvalue weighted by atomic mass is 10.1. The second-order valence-corrected chi connectivity index (χ2v) is 8.57. The van der Waals surface area contributed by atoms with Crippen molar-refractivity contribution >= 4 is 40.8 Å². The predicted octanol–water partition coefficient (Wildman–Crippen LogP) is 1.23. The first-order valence-corrected chi connectivity index (χ1v) is 10.4. The Balaban J connectivity index is 1.55. The molecule has 0 bridgehead atoms. The molecule has 0 radical (unpaired) electrons. The molecule has 2 saturated heterocycles. The number of carbonyl (C=O) groups is 3. The fraction of sp³-hybridized carbons (Fsp3) is 0.550. The summed E-state index contributed by atoms with van der Waals surface area (Å²) in [5, 5.41) is 0.851. The van der Waals surface area contributed by atoms with Gasteiger partial charge in [0.05, 0.1) is 10.0 Å². The van der Waals surface area contributed by atoms with Crippen LogP contribution in [-0.4, -0.2) is 97.1 Å². The quantitative estimate of drug-likeness (QED) is 0.491. The van der Waals surface area contributed by atoms with Gasteiger partial charge in [-0.05, 0) is 24.7 Å². The maximum Gasteiger partial charge on any atom is 0.290 e. The van der Waals surface area contributed by atoms with Gasteiger partial charge in [0.25, 0.3) is 5.91 Å². The number of hydrogen-bond donors (Lipinski definition) is 0. The van der Waals surface area contributed by atoms with Gasteiger partial charge in [0, 0.05) is 59.4 Å². The average molecular weight is 441 g/mol. The van der Waals surface area contributed by atoms with E-state index >= 15 is 0 Å². The molecule has 7 nitrogen and oxygen atoms in total. The summed E-state index contributed by atoms with van der Waals surface area (Å²) in [6.45, 7) is 5.50. The number of likely N-dealkylation sites (tertiary alicyclic amines) is 1. The van der Waals surface area contributed by atoms with Gasteiger partial charge in [0.2, 0.25) is 11.7 Å². The van der Waals surface area contributed by atoms with Gasteiger partial charge in [0.15, 0.2) is 0 Å². The molecule has 2 aliphatic heterocycles. The van der Waals surface area contributed by atoms with Gasteiger partial charge in [-0.25, -0.2) is 0 Å². The number of likely N-dealkylation sites (N-methyl/N-ethyl adjacent to an activating group) is 1. The summed E-state index contributed by atoms with van der Waals surface area (Å²) in [6.07, 6.45) is 0. The third-order valence-corrected chi connectivity index (χ3v) is 6.32. The first-order valence-electron chi connectivity index (χ1n) is 9.69. The molecule has 0 saturated carbocycles. The van der Waals surface area contributed by atoms with Gasteiger partial charge in [-0.15, -0.1) is 0 Å². The number of rotatable bonds is 6.